The molecule has 0 radical (unpaired) electrons. The summed E-state index contributed by atoms with van der Waals surface area (Å²) in [5.41, 5.74) is 7.60. The van der Waals surface area contributed by atoms with Crippen LogP contribution in [0, 0.1) is 0 Å². The largest absolute Gasteiger partial charge is 0.328 e. The first-order chi connectivity index (χ1) is 8.33. The van der Waals surface area contributed by atoms with Crippen LogP contribution in [0.15, 0.2) is 30.3 Å². The van der Waals surface area contributed by atoms with E-state index in [0.717, 1.165) is 18.6 Å². The molecule has 2 heterocycles. The highest BCUT2D eigenvalue weighted by Gasteiger charge is 2.36. The fraction of sp³-hybridized carbons (Fsp3) is 0.600. The van der Waals surface area contributed by atoms with Crippen LogP contribution in [-0.2, 0) is 6.54 Å². The van der Waals surface area contributed by atoms with Gasteiger partial charge in [-0.15, -0.1) is 0 Å². The molecule has 0 aliphatic carbocycles. The summed E-state index contributed by atoms with van der Waals surface area (Å²) in [6, 6.07) is 12.8. The van der Waals surface area contributed by atoms with Gasteiger partial charge in [0.25, 0.3) is 0 Å². The number of hydrogen-bond donors (Lipinski definition) is 1. The highest BCUT2D eigenvalue weighted by Crippen LogP contribution is 2.34. The topological polar surface area (TPSA) is 29.3 Å². The lowest BCUT2D eigenvalue weighted by Crippen LogP contribution is -2.54. The third-order valence-corrected chi connectivity index (χ3v) is 4.37. The molecule has 2 nitrogen and oxygen atoms in total. The Labute approximate surface area is 104 Å². The van der Waals surface area contributed by atoms with Crippen molar-refractivity contribution in [2.75, 3.05) is 0 Å². The molecule has 2 fully saturated rings. The maximum absolute atomic E-state index is 6.15. The second-order valence-corrected chi connectivity index (χ2v) is 5.63. The van der Waals surface area contributed by atoms with Crippen LogP contribution in [-0.4, -0.2) is 23.0 Å². The predicted octanol–water partition coefficient (Wildman–Crippen LogP) is 2.53. The van der Waals surface area contributed by atoms with Gasteiger partial charge < -0.3 is 5.73 Å². The molecular weight excluding hydrogens is 208 g/mol. The monoisotopic (exact) mass is 230 g/mol. The van der Waals surface area contributed by atoms with Gasteiger partial charge in [0.1, 0.15) is 0 Å². The van der Waals surface area contributed by atoms with Gasteiger partial charge >= 0.3 is 0 Å². The summed E-state index contributed by atoms with van der Waals surface area (Å²) in [4.78, 5) is 2.71. The van der Waals surface area contributed by atoms with Crippen molar-refractivity contribution in [3.8, 4) is 0 Å². The van der Waals surface area contributed by atoms with Crippen LogP contribution >= 0.6 is 0 Å². The van der Waals surface area contributed by atoms with E-state index in [-0.39, 0.29) is 0 Å². The van der Waals surface area contributed by atoms with Crippen molar-refractivity contribution in [3.63, 3.8) is 0 Å². The molecule has 17 heavy (non-hydrogen) atoms. The minimum absolute atomic E-state index is 0.442. The molecule has 0 saturated carbocycles. The van der Waals surface area contributed by atoms with E-state index in [4.69, 9.17) is 5.73 Å². The average molecular weight is 230 g/mol. The second-order valence-electron chi connectivity index (χ2n) is 5.63. The lowest BCUT2D eigenvalue weighted by atomic mass is 9.82. The van der Waals surface area contributed by atoms with Crippen LogP contribution in [0.5, 0.6) is 0 Å². The fourth-order valence-electron chi connectivity index (χ4n) is 3.57. The Hall–Kier alpha value is -0.860. The Morgan fingerprint density at radius 2 is 1.71 bits per heavy atom. The van der Waals surface area contributed by atoms with Gasteiger partial charge in [-0.25, -0.2) is 0 Å². The number of nitrogens with zero attached hydrogens (tertiary/aromatic N) is 1. The van der Waals surface area contributed by atoms with Crippen molar-refractivity contribution in [3.05, 3.63) is 35.9 Å². The summed E-state index contributed by atoms with van der Waals surface area (Å²) in [5, 5.41) is 0. The molecule has 1 aromatic rings. The molecule has 2 N–H and O–H groups in total. The molecule has 3 atom stereocenters. The number of rotatable bonds is 2. The molecule has 2 aliphatic rings. The number of piperidine rings is 2. The lowest BCUT2D eigenvalue weighted by Gasteiger charge is -2.48. The van der Waals surface area contributed by atoms with E-state index in [1.165, 1.54) is 37.7 Å². The minimum Gasteiger partial charge on any atom is -0.328 e. The van der Waals surface area contributed by atoms with Gasteiger partial charge in [0.15, 0.2) is 0 Å². The van der Waals surface area contributed by atoms with Gasteiger partial charge in [-0.05, 0) is 31.2 Å². The third kappa shape index (κ3) is 2.38. The average Bonchev–Trinajstić information content (AvgIpc) is 2.32. The summed E-state index contributed by atoms with van der Waals surface area (Å²) >= 11 is 0. The number of benzene rings is 1. The molecular formula is C15H22N2. The summed E-state index contributed by atoms with van der Waals surface area (Å²) in [7, 11) is 0. The highest BCUT2D eigenvalue weighted by atomic mass is 15.2. The van der Waals surface area contributed by atoms with Crippen LogP contribution in [0.2, 0.25) is 0 Å². The minimum atomic E-state index is 0.442. The van der Waals surface area contributed by atoms with E-state index in [1.54, 1.807) is 0 Å². The van der Waals surface area contributed by atoms with Gasteiger partial charge in [0.2, 0.25) is 0 Å². The molecule has 92 valence electrons. The highest BCUT2D eigenvalue weighted by molar-refractivity contribution is 5.15. The van der Waals surface area contributed by atoms with Crippen molar-refractivity contribution < 1.29 is 0 Å². The van der Waals surface area contributed by atoms with Gasteiger partial charge in [0, 0.05) is 24.7 Å². The van der Waals surface area contributed by atoms with E-state index in [2.05, 4.69) is 35.2 Å². The van der Waals surface area contributed by atoms with E-state index >= 15 is 0 Å². The molecule has 2 saturated heterocycles. The predicted molar refractivity (Wildman–Crippen MR) is 70.6 cm³/mol. The molecule has 2 aliphatic heterocycles. The summed E-state index contributed by atoms with van der Waals surface area (Å²) < 4.78 is 0. The Morgan fingerprint density at radius 1 is 1.06 bits per heavy atom. The maximum Gasteiger partial charge on any atom is 0.0239 e. The summed E-state index contributed by atoms with van der Waals surface area (Å²) in [6.45, 7) is 1.11. The zero-order valence-corrected chi connectivity index (χ0v) is 10.4. The second kappa shape index (κ2) is 4.79. The van der Waals surface area contributed by atoms with Crippen molar-refractivity contribution >= 4 is 0 Å². The number of fused-ring (bicyclic) bond motifs is 2. The molecule has 3 rings (SSSR count). The first-order valence-corrected chi connectivity index (χ1v) is 6.88. The molecule has 2 bridgehead atoms. The zero-order valence-electron chi connectivity index (χ0n) is 10.4. The van der Waals surface area contributed by atoms with Crippen LogP contribution in [0.3, 0.4) is 0 Å². The molecule has 0 aromatic heterocycles. The maximum atomic E-state index is 6.15. The lowest BCUT2D eigenvalue weighted by molar-refractivity contribution is 0.0245. The van der Waals surface area contributed by atoms with Gasteiger partial charge in [-0.1, -0.05) is 36.8 Å². The van der Waals surface area contributed by atoms with E-state index in [9.17, 15) is 0 Å². The number of nitrogens with two attached hydrogens (primary N) is 1. The van der Waals surface area contributed by atoms with Gasteiger partial charge in [-0.2, -0.15) is 0 Å². The fourth-order valence-corrected chi connectivity index (χ4v) is 3.57. The number of hydrogen-bond acceptors (Lipinski definition) is 2. The Balaban J connectivity index is 1.74. The van der Waals surface area contributed by atoms with E-state index in [0.29, 0.717) is 6.04 Å². The van der Waals surface area contributed by atoms with E-state index in [1.807, 2.05) is 0 Å². The SMILES string of the molecule is N[C@H]1C[C@H]2CCC[C@@H](C1)N2Cc1ccccc1. The standard InChI is InChI=1S/C15H22N2/c16-13-9-14-7-4-8-15(10-13)17(14)11-12-5-2-1-3-6-12/h1-3,5-6,13-15H,4,7-11,16H2/t13-,14+,15-. The van der Waals surface area contributed by atoms with E-state index < -0.39 is 0 Å². The first-order valence-electron chi connectivity index (χ1n) is 6.88. The van der Waals surface area contributed by atoms with Crippen LogP contribution < -0.4 is 5.73 Å². The smallest absolute Gasteiger partial charge is 0.0239 e. The van der Waals surface area contributed by atoms with Gasteiger partial charge in [-0.3, -0.25) is 4.90 Å². The van der Waals surface area contributed by atoms with Crippen LogP contribution in [0.4, 0.5) is 0 Å². The zero-order chi connectivity index (χ0) is 11.7. The third-order valence-electron chi connectivity index (χ3n) is 4.37. The van der Waals surface area contributed by atoms with Crippen LogP contribution in [0.25, 0.3) is 0 Å². The van der Waals surface area contributed by atoms with Crippen molar-refractivity contribution in [2.24, 2.45) is 5.73 Å². The van der Waals surface area contributed by atoms with Crippen molar-refractivity contribution in [1.82, 2.24) is 4.90 Å². The Bertz CT molecular complexity index is 348. The molecule has 2 heteroatoms. The molecule has 1 aromatic carbocycles. The quantitative estimate of drug-likeness (QED) is 0.846. The molecule has 0 unspecified atom stereocenters. The Kier molecular flexibility index (Phi) is 3.17. The van der Waals surface area contributed by atoms with Gasteiger partial charge in [0.05, 0.1) is 0 Å². The van der Waals surface area contributed by atoms with Crippen LogP contribution in [0.1, 0.15) is 37.7 Å². The first kappa shape index (κ1) is 11.2. The van der Waals surface area contributed by atoms with Crippen molar-refractivity contribution in [2.45, 2.75) is 56.8 Å². The molecule has 0 spiro atoms. The van der Waals surface area contributed by atoms with Crippen molar-refractivity contribution in [1.29, 1.82) is 0 Å². The summed E-state index contributed by atoms with van der Waals surface area (Å²) in [6.07, 6.45) is 6.48. The Morgan fingerprint density at radius 3 is 2.35 bits per heavy atom. The summed E-state index contributed by atoms with van der Waals surface area (Å²) in [5.74, 6) is 0. The normalized spacial score (nSPS) is 33.6. The molecule has 0 amide bonds.